The first-order valence-electron chi connectivity index (χ1n) is 9.03. The highest BCUT2D eigenvalue weighted by Crippen LogP contribution is 2.32. The summed E-state index contributed by atoms with van der Waals surface area (Å²) < 4.78 is 32.4. The number of carbonyl (C=O) groups excluding carboxylic acids is 1. The molecule has 2 aliphatic rings. The number of nitrogens with zero attached hydrogens (tertiary/aromatic N) is 2. The summed E-state index contributed by atoms with van der Waals surface area (Å²) in [6.07, 6.45) is 0.645. The zero-order chi connectivity index (χ0) is 19.7. The number of nitrogens with one attached hydrogen (secondary N) is 1. The minimum Gasteiger partial charge on any atom is -0.444 e. The monoisotopic (exact) mass is 402 g/mol. The number of cyclic esters (lactones) is 1. The number of amides is 1. The van der Waals surface area contributed by atoms with Crippen LogP contribution in [0.2, 0.25) is 0 Å². The molecule has 0 spiro atoms. The molecule has 0 atom stereocenters. The lowest BCUT2D eigenvalue weighted by atomic mass is 10.0. The van der Waals surface area contributed by atoms with Crippen molar-refractivity contribution in [2.75, 3.05) is 18.0 Å². The normalized spacial score (nSPS) is 18.4. The molecule has 1 N–H and O–H groups in total. The second-order valence-corrected chi connectivity index (χ2v) is 8.75. The summed E-state index contributed by atoms with van der Waals surface area (Å²) in [5.41, 5.74) is 2.09. The lowest BCUT2D eigenvalue weighted by molar-refractivity contribution is -0.379. The fourth-order valence-electron chi connectivity index (χ4n) is 3.71. The van der Waals surface area contributed by atoms with Crippen molar-refractivity contribution in [1.82, 2.24) is 4.31 Å². The van der Waals surface area contributed by atoms with Gasteiger partial charge in [0.2, 0.25) is 10.0 Å². The topological polar surface area (TPSA) is 98.0 Å². The van der Waals surface area contributed by atoms with Gasteiger partial charge in [0.15, 0.2) is 0 Å². The minimum atomic E-state index is -3.65. The quantitative estimate of drug-likeness (QED) is 0.835. The van der Waals surface area contributed by atoms with Gasteiger partial charge in [-0.25, -0.2) is 13.2 Å². The van der Waals surface area contributed by atoms with Crippen LogP contribution in [0.3, 0.4) is 0 Å². The Kier molecular flexibility index (Phi) is 4.86. The molecule has 0 radical (unpaired) electrons. The molecule has 2 aliphatic heterocycles. The Labute approximate surface area is 162 Å². The van der Waals surface area contributed by atoms with Gasteiger partial charge in [0.05, 0.1) is 10.6 Å². The van der Waals surface area contributed by atoms with Crippen molar-refractivity contribution in [3.8, 4) is 0 Å². The number of fused-ring (bicyclic) bond motifs is 1. The van der Waals surface area contributed by atoms with E-state index < -0.39 is 10.0 Å². The Morgan fingerprint density at radius 1 is 1.00 bits per heavy atom. The van der Waals surface area contributed by atoms with Crippen molar-refractivity contribution >= 4 is 27.5 Å². The Morgan fingerprint density at radius 2 is 1.68 bits per heavy atom. The Bertz CT molecular complexity index is 998. The molecule has 146 valence electrons. The highest BCUT2D eigenvalue weighted by atomic mass is 32.2. The Hall–Kier alpha value is -2.78. The summed E-state index contributed by atoms with van der Waals surface area (Å²) in [4.78, 5) is 24.8. The van der Waals surface area contributed by atoms with E-state index in [9.17, 15) is 18.1 Å². The minimum absolute atomic E-state index is 0.118. The van der Waals surface area contributed by atoms with E-state index in [0.29, 0.717) is 31.6 Å². The molecule has 0 aromatic heterocycles. The molecule has 8 nitrogen and oxygen atoms in total. The smallest absolute Gasteiger partial charge is 0.414 e. The molecule has 9 heteroatoms. The molecule has 0 unspecified atom stereocenters. The number of hydrogen-bond acceptors (Lipinski definition) is 5. The number of anilines is 1. The summed E-state index contributed by atoms with van der Waals surface area (Å²) >= 11 is 0. The van der Waals surface area contributed by atoms with Crippen LogP contribution in [0, 0.1) is 4.91 Å². The molecular formula is C19H20N3O5S+. The predicted octanol–water partition coefficient (Wildman–Crippen LogP) is 1.47. The summed E-state index contributed by atoms with van der Waals surface area (Å²) in [6.45, 7) is 0.869. The number of rotatable bonds is 4. The second kappa shape index (κ2) is 7.33. The van der Waals surface area contributed by atoms with E-state index in [1.807, 2.05) is 24.3 Å². The molecule has 2 aromatic carbocycles. The van der Waals surface area contributed by atoms with Crippen LogP contribution in [0.1, 0.15) is 18.4 Å². The van der Waals surface area contributed by atoms with Crippen LogP contribution in [-0.4, -0.2) is 37.9 Å². The summed E-state index contributed by atoms with van der Waals surface area (Å²) in [6, 6.07) is 13.2. The molecule has 2 heterocycles. The third-order valence-corrected chi connectivity index (χ3v) is 7.11. The molecule has 1 amide bonds. The Morgan fingerprint density at radius 3 is 2.36 bits per heavy atom. The van der Waals surface area contributed by atoms with Crippen LogP contribution in [-0.2, 0) is 21.4 Å². The third-order valence-electron chi connectivity index (χ3n) is 5.20. The van der Waals surface area contributed by atoms with Crippen LogP contribution in [0.4, 0.5) is 16.2 Å². The number of ether oxygens (including phenoxy) is 1. The number of nitroso groups, excluding NO2 is 1. The van der Waals surface area contributed by atoms with Gasteiger partial charge < -0.3 is 4.74 Å². The first-order valence-corrected chi connectivity index (χ1v) is 10.5. The van der Waals surface area contributed by atoms with Gasteiger partial charge in [-0.05, 0) is 31.0 Å². The number of piperidine rings is 1. The van der Waals surface area contributed by atoms with Crippen LogP contribution in [0.15, 0.2) is 53.4 Å². The zero-order valence-electron chi connectivity index (χ0n) is 15.1. The van der Waals surface area contributed by atoms with Crippen molar-refractivity contribution in [2.24, 2.45) is 0 Å². The summed E-state index contributed by atoms with van der Waals surface area (Å²) in [5.74, 6) is 0. The predicted molar refractivity (Wildman–Crippen MR) is 101 cm³/mol. The highest BCUT2D eigenvalue weighted by molar-refractivity contribution is 7.89. The lowest BCUT2D eigenvalue weighted by Gasteiger charge is -2.39. The molecule has 1 fully saturated rings. The summed E-state index contributed by atoms with van der Waals surface area (Å²) in [5, 5.41) is 1.73. The molecule has 28 heavy (non-hydrogen) atoms. The van der Waals surface area contributed by atoms with Crippen LogP contribution >= 0.6 is 0 Å². The maximum Gasteiger partial charge on any atom is 0.414 e. The largest absolute Gasteiger partial charge is 0.444 e. The van der Waals surface area contributed by atoms with Gasteiger partial charge in [0, 0.05) is 46.9 Å². The number of carbonyl (C=O) groups is 1. The average molecular weight is 402 g/mol. The van der Waals surface area contributed by atoms with Crippen molar-refractivity contribution < 1.29 is 23.1 Å². The third kappa shape index (κ3) is 3.27. The molecule has 2 aromatic rings. The molecule has 1 saturated heterocycles. The standard InChI is InChI=1S/C19H19N3O5S/c23-19-22(18-4-2-1-3-14(18)13-27-19)16-9-11-21(12-10-16)28(25,26)17-7-5-15(20-24)6-8-17/h1-8,16H,9-13H2/p+1. The van der Waals surface area contributed by atoms with E-state index in [1.54, 1.807) is 10.1 Å². The van der Waals surface area contributed by atoms with E-state index in [-0.39, 0.29) is 23.6 Å². The number of hydrogen-bond donors (Lipinski definition) is 1. The first-order chi connectivity index (χ1) is 13.5. The van der Waals surface area contributed by atoms with Crippen molar-refractivity contribution in [1.29, 1.82) is 0 Å². The van der Waals surface area contributed by atoms with Crippen LogP contribution in [0.5, 0.6) is 0 Å². The molecule has 0 saturated carbocycles. The highest BCUT2D eigenvalue weighted by Gasteiger charge is 2.37. The zero-order valence-corrected chi connectivity index (χ0v) is 15.9. The van der Waals surface area contributed by atoms with Crippen molar-refractivity contribution in [3.63, 3.8) is 0 Å². The maximum atomic E-state index is 12.9. The maximum absolute atomic E-state index is 12.9. The molecular weight excluding hydrogens is 382 g/mol. The number of para-hydroxylation sites is 1. The van der Waals surface area contributed by atoms with Gasteiger partial charge in [0.25, 0.3) is 5.69 Å². The van der Waals surface area contributed by atoms with Gasteiger partial charge in [-0.2, -0.15) is 4.31 Å². The van der Waals surface area contributed by atoms with E-state index in [0.717, 1.165) is 11.3 Å². The van der Waals surface area contributed by atoms with Crippen molar-refractivity contribution in [3.05, 3.63) is 59.0 Å². The van der Waals surface area contributed by atoms with Gasteiger partial charge in [0.1, 0.15) is 6.61 Å². The van der Waals surface area contributed by atoms with E-state index >= 15 is 0 Å². The van der Waals surface area contributed by atoms with E-state index in [4.69, 9.17) is 4.74 Å². The lowest BCUT2D eigenvalue weighted by Crippen LogP contribution is -2.55. The van der Waals surface area contributed by atoms with Gasteiger partial charge in [-0.1, -0.05) is 18.2 Å². The van der Waals surface area contributed by atoms with Gasteiger partial charge in [-0.3, -0.25) is 4.90 Å². The van der Waals surface area contributed by atoms with Crippen LogP contribution in [0.25, 0.3) is 0 Å². The molecule has 4 rings (SSSR count). The fraction of sp³-hybridized carbons (Fsp3) is 0.316. The Balaban J connectivity index is 1.50. The second-order valence-electron chi connectivity index (χ2n) is 6.81. The van der Waals surface area contributed by atoms with E-state index in [1.165, 1.54) is 28.6 Å². The average Bonchev–Trinajstić information content (AvgIpc) is 2.74. The van der Waals surface area contributed by atoms with Gasteiger partial charge >= 0.3 is 6.09 Å². The SMILES string of the molecule is O=[NH+]c1ccc(S(=O)(=O)N2CCC(N3C(=O)OCc4ccccc43)CC2)cc1. The number of benzene rings is 2. The fourth-order valence-corrected chi connectivity index (χ4v) is 5.18. The molecule has 0 aliphatic carbocycles. The number of sulfonamides is 1. The molecule has 0 bridgehead atoms. The van der Waals surface area contributed by atoms with E-state index in [2.05, 4.69) is 0 Å². The summed E-state index contributed by atoms with van der Waals surface area (Å²) in [7, 11) is -3.65. The van der Waals surface area contributed by atoms with Crippen LogP contribution < -0.4 is 10.1 Å². The first kappa shape index (κ1) is 18.6. The van der Waals surface area contributed by atoms with Gasteiger partial charge in [-0.15, -0.1) is 0 Å². The van der Waals surface area contributed by atoms with Crippen molar-refractivity contribution in [2.45, 2.75) is 30.4 Å².